The van der Waals surface area contributed by atoms with Crippen LogP contribution >= 0.6 is 23.4 Å². The fourth-order valence-corrected chi connectivity index (χ4v) is 3.32. The van der Waals surface area contributed by atoms with E-state index in [4.69, 9.17) is 16.3 Å². The summed E-state index contributed by atoms with van der Waals surface area (Å²) in [5.74, 6) is 0.323. The van der Waals surface area contributed by atoms with Crippen molar-refractivity contribution in [2.75, 3.05) is 17.7 Å². The number of nitrogens with zero attached hydrogens (tertiary/aromatic N) is 1. The molecule has 3 aromatic rings. The van der Waals surface area contributed by atoms with E-state index in [2.05, 4.69) is 15.8 Å². The lowest BCUT2D eigenvalue weighted by Gasteiger charge is -2.08. The predicted molar refractivity (Wildman–Crippen MR) is 125 cm³/mol. The van der Waals surface area contributed by atoms with Gasteiger partial charge in [-0.1, -0.05) is 41.9 Å². The molecule has 0 saturated heterocycles. The minimum Gasteiger partial charge on any atom is -0.484 e. The standard InChI is InChI=1S/C23H20ClN3O3S/c24-20-8-4-5-9-21(20)26-22(28)15-30-18-12-10-17(11-13-18)14-25-27-23(29)16-31-19-6-2-1-3-7-19/h1-14H,15-16H2,(H,26,28)(H,27,29). The maximum Gasteiger partial charge on any atom is 0.262 e. The highest BCUT2D eigenvalue weighted by molar-refractivity contribution is 8.00. The molecule has 0 aliphatic rings. The van der Waals surface area contributed by atoms with E-state index >= 15 is 0 Å². The number of para-hydroxylation sites is 1. The number of halogens is 1. The van der Waals surface area contributed by atoms with E-state index in [1.54, 1.807) is 54.7 Å². The molecule has 0 radical (unpaired) electrons. The summed E-state index contributed by atoms with van der Waals surface area (Å²) in [6.07, 6.45) is 1.54. The molecule has 158 valence electrons. The Labute approximate surface area is 189 Å². The Hall–Kier alpha value is -3.29. The van der Waals surface area contributed by atoms with Crippen LogP contribution in [0.5, 0.6) is 5.75 Å². The van der Waals surface area contributed by atoms with Gasteiger partial charge in [0.1, 0.15) is 5.75 Å². The topological polar surface area (TPSA) is 79.8 Å². The first-order valence-corrected chi connectivity index (χ1v) is 10.7. The number of thioether (sulfide) groups is 1. The summed E-state index contributed by atoms with van der Waals surface area (Å²) in [6, 6.07) is 23.7. The van der Waals surface area contributed by atoms with Crippen LogP contribution in [0.3, 0.4) is 0 Å². The summed E-state index contributed by atoms with van der Waals surface area (Å²) in [5, 5.41) is 7.11. The van der Waals surface area contributed by atoms with Crippen LogP contribution in [-0.2, 0) is 9.59 Å². The van der Waals surface area contributed by atoms with Crippen LogP contribution in [0.15, 0.2) is 88.9 Å². The third-order valence-electron chi connectivity index (χ3n) is 3.91. The first-order valence-electron chi connectivity index (χ1n) is 9.37. The number of rotatable bonds is 9. The van der Waals surface area contributed by atoms with Crippen LogP contribution in [0, 0.1) is 0 Å². The first kappa shape index (κ1) is 22.4. The summed E-state index contributed by atoms with van der Waals surface area (Å²) in [4.78, 5) is 24.9. The van der Waals surface area contributed by atoms with E-state index in [9.17, 15) is 9.59 Å². The summed E-state index contributed by atoms with van der Waals surface area (Å²) in [5.41, 5.74) is 3.82. The van der Waals surface area contributed by atoms with Crippen molar-refractivity contribution in [1.82, 2.24) is 5.43 Å². The minimum absolute atomic E-state index is 0.145. The van der Waals surface area contributed by atoms with E-state index in [0.717, 1.165) is 10.5 Å². The number of hydrazone groups is 1. The first-order chi connectivity index (χ1) is 15.1. The number of hydrogen-bond donors (Lipinski definition) is 2. The molecule has 0 bridgehead atoms. The Kier molecular flexibility index (Phi) is 8.51. The molecule has 0 aliphatic carbocycles. The average Bonchev–Trinajstić information content (AvgIpc) is 2.79. The minimum atomic E-state index is -0.310. The van der Waals surface area contributed by atoms with Crippen LogP contribution in [0.25, 0.3) is 0 Å². The van der Waals surface area contributed by atoms with E-state index < -0.39 is 0 Å². The number of carbonyl (C=O) groups excluding carboxylic acids is 2. The molecule has 0 unspecified atom stereocenters. The van der Waals surface area contributed by atoms with Crippen molar-refractivity contribution < 1.29 is 14.3 Å². The van der Waals surface area contributed by atoms with Gasteiger partial charge in [-0.3, -0.25) is 9.59 Å². The van der Waals surface area contributed by atoms with Gasteiger partial charge in [-0.25, -0.2) is 5.43 Å². The fraction of sp³-hybridized carbons (Fsp3) is 0.0870. The summed E-state index contributed by atoms with van der Waals surface area (Å²) < 4.78 is 5.48. The largest absolute Gasteiger partial charge is 0.484 e. The number of ether oxygens (including phenoxy) is 1. The third-order valence-corrected chi connectivity index (χ3v) is 5.26. The smallest absolute Gasteiger partial charge is 0.262 e. The van der Waals surface area contributed by atoms with Gasteiger partial charge in [0.2, 0.25) is 5.91 Å². The maximum atomic E-state index is 12.0. The van der Waals surface area contributed by atoms with Gasteiger partial charge in [0.05, 0.1) is 22.7 Å². The molecule has 0 spiro atoms. The molecule has 6 nitrogen and oxygen atoms in total. The van der Waals surface area contributed by atoms with Crippen molar-refractivity contribution in [3.63, 3.8) is 0 Å². The molecule has 31 heavy (non-hydrogen) atoms. The number of amides is 2. The fourth-order valence-electron chi connectivity index (χ4n) is 2.42. The van der Waals surface area contributed by atoms with Crippen molar-refractivity contribution in [1.29, 1.82) is 0 Å². The van der Waals surface area contributed by atoms with Gasteiger partial charge in [-0.15, -0.1) is 11.8 Å². The van der Waals surface area contributed by atoms with Gasteiger partial charge in [-0.05, 0) is 54.1 Å². The van der Waals surface area contributed by atoms with Gasteiger partial charge in [-0.2, -0.15) is 5.10 Å². The number of carbonyl (C=O) groups is 2. The van der Waals surface area contributed by atoms with E-state index in [1.807, 2.05) is 30.3 Å². The van der Waals surface area contributed by atoms with E-state index in [0.29, 0.717) is 16.5 Å². The molecular formula is C23H20ClN3O3S. The number of nitrogens with one attached hydrogen (secondary N) is 2. The van der Waals surface area contributed by atoms with Crippen LogP contribution < -0.4 is 15.5 Å². The van der Waals surface area contributed by atoms with Crippen LogP contribution in [0.2, 0.25) is 5.02 Å². The summed E-state index contributed by atoms with van der Waals surface area (Å²) in [6.45, 7) is -0.145. The zero-order valence-corrected chi connectivity index (χ0v) is 18.0. The second kappa shape index (κ2) is 11.8. The molecular weight excluding hydrogens is 434 g/mol. The Morgan fingerprint density at radius 1 is 0.935 bits per heavy atom. The molecule has 0 atom stereocenters. The molecule has 8 heteroatoms. The monoisotopic (exact) mass is 453 g/mol. The molecule has 0 fully saturated rings. The summed E-state index contributed by atoms with van der Waals surface area (Å²) >= 11 is 7.46. The lowest BCUT2D eigenvalue weighted by molar-refractivity contribution is -0.119. The molecule has 0 heterocycles. The van der Waals surface area contributed by atoms with Gasteiger partial charge in [0.25, 0.3) is 5.91 Å². The molecule has 2 N–H and O–H groups in total. The lowest BCUT2D eigenvalue weighted by atomic mass is 10.2. The lowest BCUT2D eigenvalue weighted by Crippen LogP contribution is -2.20. The Bertz CT molecular complexity index is 1040. The zero-order chi connectivity index (χ0) is 21.9. The van der Waals surface area contributed by atoms with Crippen molar-refractivity contribution in [2.24, 2.45) is 5.10 Å². The second-order valence-electron chi connectivity index (χ2n) is 6.28. The van der Waals surface area contributed by atoms with Crippen molar-refractivity contribution >= 4 is 47.1 Å². The molecule has 0 aromatic heterocycles. The Morgan fingerprint density at radius 3 is 2.39 bits per heavy atom. The van der Waals surface area contributed by atoms with Crippen molar-refractivity contribution in [3.05, 3.63) is 89.4 Å². The SMILES string of the molecule is O=C(CSc1ccccc1)NN=Cc1ccc(OCC(=O)Nc2ccccc2Cl)cc1. The Balaban J connectivity index is 1.39. The quantitative estimate of drug-likeness (QED) is 0.282. The second-order valence-corrected chi connectivity index (χ2v) is 7.74. The van der Waals surface area contributed by atoms with Crippen LogP contribution in [0.1, 0.15) is 5.56 Å². The maximum absolute atomic E-state index is 12.0. The highest BCUT2D eigenvalue weighted by Gasteiger charge is 2.06. The molecule has 3 rings (SSSR count). The molecule has 0 saturated carbocycles. The number of anilines is 1. The zero-order valence-electron chi connectivity index (χ0n) is 16.5. The third kappa shape index (κ3) is 7.81. The van der Waals surface area contributed by atoms with Gasteiger partial charge in [0.15, 0.2) is 6.61 Å². The van der Waals surface area contributed by atoms with E-state index in [1.165, 1.54) is 11.8 Å². The van der Waals surface area contributed by atoms with Gasteiger partial charge >= 0.3 is 0 Å². The molecule has 0 aliphatic heterocycles. The molecule has 3 aromatic carbocycles. The van der Waals surface area contributed by atoms with Crippen LogP contribution in [-0.4, -0.2) is 30.4 Å². The van der Waals surface area contributed by atoms with Gasteiger partial charge in [0, 0.05) is 4.90 Å². The highest BCUT2D eigenvalue weighted by atomic mass is 35.5. The summed E-state index contributed by atoms with van der Waals surface area (Å²) in [7, 11) is 0. The van der Waals surface area contributed by atoms with E-state index in [-0.39, 0.29) is 24.2 Å². The normalized spacial score (nSPS) is 10.6. The number of hydrogen-bond acceptors (Lipinski definition) is 5. The van der Waals surface area contributed by atoms with Crippen LogP contribution in [0.4, 0.5) is 5.69 Å². The predicted octanol–water partition coefficient (Wildman–Crippen LogP) is 4.60. The average molecular weight is 454 g/mol. The van der Waals surface area contributed by atoms with Gasteiger partial charge < -0.3 is 10.1 Å². The Morgan fingerprint density at radius 2 is 1.65 bits per heavy atom. The number of benzene rings is 3. The highest BCUT2D eigenvalue weighted by Crippen LogP contribution is 2.20. The molecule has 2 amide bonds. The van der Waals surface area contributed by atoms with Crippen molar-refractivity contribution in [2.45, 2.75) is 4.90 Å². The van der Waals surface area contributed by atoms with Crippen molar-refractivity contribution in [3.8, 4) is 5.75 Å².